The summed E-state index contributed by atoms with van der Waals surface area (Å²) < 4.78 is 15.8. The maximum Gasteiger partial charge on any atom is 0.119 e. The molecule has 3 rings (SSSR count). The minimum absolute atomic E-state index is 0.966. The average Bonchev–Trinajstić information content (AvgIpc) is 3.38. The first-order valence-corrected chi connectivity index (χ1v) is 27.8. The maximum absolute atomic E-state index is 5.27. The van der Waals surface area contributed by atoms with E-state index in [2.05, 4.69) is 136 Å². The van der Waals surface area contributed by atoms with Gasteiger partial charge < -0.3 is 14.2 Å². The monoisotopic (exact) mass is 943 g/mol. The number of hydrogen-bond acceptors (Lipinski definition) is 3. The molecule has 0 fully saturated rings. The lowest BCUT2D eigenvalue weighted by Crippen LogP contribution is -1.88. The van der Waals surface area contributed by atoms with Crippen LogP contribution in [0.3, 0.4) is 0 Å². The Labute approximate surface area is 426 Å². The van der Waals surface area contributed by atoms with Gasteiger partial charge in [-0.1, -0.05) is 201 Å². The fourth-order valence-corrected chi connectivity index (χ4v) is 8.03. The van der Waals surface area contributed by atoms with Gasteiger partial charge in [-0.2, -0.15) is 0 Å². The third-order valence-electron chi connectivity index (χ3n) is 12.3. The van der Waals surface area contributed by atoms with Gasteiger partial charge in [0.2, 0.25) is 0 Å². The summed E-state index contributed by atoms with van der Waals surface area (Å²) >= 11 is 0. The number of hydrogen-bond donors (Lipinski definition) is 0. The molecule has 0 bridgehead atoms. The van der Waals surface area contributed by atoms with Crippen molar-refractivity contribution in [2.75, 3.05) is 21.3 Å². The van der Waals surface area contributed by atoms with E-state index < -0.39 is 0 Å². The SMILES string of the molecule is C=CC/C=C/C/C=C/CCCCCCCc1cccc(OC)c1.CCC/C=C/C/C=C/CCCCCCCc1cccc(OC)c1.CCCCCC/C=C/CCCCCCCc1cccc(OC)c1. The Bertz CT molecular complexity index is 1730. The summed E-state index contributed by atoms with van der Waals surface area (Å²) in [4.78, 5) is 0. The van der Waals surface area contributed by atoms with E-state index in [4.69, 9.17) is 14.2 Å². The van der Waals surface area contributed by atoms with Crippen LogP contribution in [0.25, 0.3) is 0 Å². The molecule has 0 spiro atoms. The Morgan fingerprint density at radius 2 is 0.638 bits per heavy atom. The van der Waals surface area contributed by atoms with E-state index in [0.29, 0.717) is 0 Å². The lowest BCUT2D eigenvalue weighted by atomic mass is 10.0. The summed E-state index contributed by atoms with van der Waals surface area (Å²) in [5, 5.41) is 0. The van der Waals surface area contributed by atoms with Gasteiger partial charge in [-0.25, -0.2) is 0 Å². The lowest BCUT2D eigenvalue weighted by molar-refractivity contribution is 0.414. The summed E-state index contributed by atoms with van der Waals surface area (Å²) in [6.07, 6.45) is 64.4. The van der Waals surface area contributed by atoms with Crippen molar-refractivity contribution in [1.82, 2.24) is 0 Å². The van der Waals surface area contributed by atoms with Crippen LogP contribution < -0.4 is 14.2 Å². The first kappa shape index (κ1) is 62.5. The number of benzene rings is 3. The van der Waals surface area contributed by atoms with Crippen molar-refractivity contribution in [2.24, 2.45) is 0 Å². The van der Waals surface area contributed by atoms with Crippen LogP contribution in [0.5, 0.6) is 17.2 Å². The van der Waals surface area contributed by atoms with Crippen LogP contribution in [0.1, 0.15) is 210 Å². The molecule has 3 aromatic carbocycles. The molecule has 0 saturated carbocycles. The summed E-state index contributed by atoms with van der Waals surface area (Å²) in [7, 11) is 5.19. The van der Waals surface area contributed by atoms with E-state index in [-0.39, 0.29) is 0 Å². The van der Waals surface area contributed by atoms with Crippen LogP contribution in [-0.4, -0.2) is 21.3 Å². The summed E-state index contributed by atoms with van der Waals surface area (Å²) in [6.45, 7) is 8.19. The van der Waals surface area contributed by atoms with Gasteiger partial charge in [0.25, 0.3) is 0 Å². The number of methoxy groups -OCH3 is 3. The number of allylic oxidation sites excluding steroid dienone is 11. The van der Waals surface area contributed by atoms with E-state index >= 15 is 0 Å². The third-order valence-corrected chi connectivity index (χ3v) is 12.3. The van der Waals surface area contributed by atoms with E-state index in [1.54, 1.807) is 21.3 Å². The quantitative estimate of drug-likeness (QED) is 0.0420. The molecule has 0 heterocycles. The second-order valence-corrected chi connectivity index (χ2v) is 18.5. The zero-order chi connectivity index (χ0) is 49.8. The third kappa shape index (κ3) is 41.0. The van der Waals surface area contributed by atoms with Gasteiger partial charge in [0, 0.05) is 0 Å². The van der Waals surface area contributed by atoms with E-state index in [0.717, 1.165) is 42.9 Å². The average molecular weight is 944 g/mol. The van der Waals surface area contributed by atoms with Crippen molar-refractivity contribution in [3.8, 4) is 17.2 Å². The largest absolute Gasteiger partial charge is 0.497 e. The van der Waals surface area contributed by atoms with E-state index in [9.17, 15) is 0 Å². The summed E-state index contributed by atoms with van der Waals surface area (Å²) in [5.41, 5.74) is 4.18. The molecule has 0 N–H and O–H groups in total. The van der Waals surface area contributed by atoms with Crippen molar-refractivity contribution in [3.63, 3.8) is 0 Å². The minimum Gasteiger partial charge on any atom is -0.497 e. The molecule has 0 radical (unpaired) electrons. The second-order valence-electron chi connectivity index (χ2n) is 18.5. The van der Waals surface area contributed by atoms with Gasteiger partial charge in [0.15, 0.2) is 0 Å². The van der Waals surface area contributed by atoms with Crippen molar-refractivity contribution in [3.05, 3.63) is 163 Å². The van der Waals surface area contributed by atoms with E-state index in [1.165, 1.54) is 190 Å². The molecule has 384 valence electrons. The van der Waals surface area contributed by atoms with Crippen molar-refractivity contribution >= 4 is 0 Å². The highest BCUT2D eigenvalue weighted by atomic mass is 16.5. The van der Waals surface area contributed by atoms with Crippen LogP contribution in [0.2, 0.25) is 0 Å². The smallest absolute Gasteiger partial charge is 0.119 e. The van der Waals surface area contributed by atoms with E-state index in [1.807, 2.05) is 24.3 Å². The molecule has 0 amide bonds. The highest BCUT2D eigenvalue weighted by molar-refractivity contribution is 5.30. The second kappa shape index (κ2) is 49.9. The maximum atomic E-state index is 5.27. The van der Waals surface area contributed by atoms with Crippen molar-refractivity contribution < 1.29 is 14.2 Å². The standard InChI is InChI=1S/C22H36O.C22H34O.C22H32O/c3*1-3-4-5-6-7-8-9-10-11-12-13-14-15-17-21-18-16-19-22(20-21)23-2/h8-9,16,18-20H,3-7,10-15,17H2,1-2H3;5-6,8-9,16,18-20H,3-4,7,10-15,17H2,1-2H3;3,5-6,8-9,16,18-20H,1,4,7,10-15,17H2,2H3/b9-8+;2*6-5+,9-8+. The Morgan fingerprint density at radius 3 is 0.986 bits per heavy atom. The van der Waals surface area contributed by atoms with Gasteiger partial charge in [0.05, 0.1) is 21.3 Å². The van der Waals surface area contributed by atoms with Gasteiger partial charge in [-0.05, 0) is 169 Å². The van der Waals surface area contributed by atoms with Crippen LogP contribution in [0.15, 0.2) is 146 Å². The minimum atomic E-state index is 0.966. The molecule has 0 unspecified atom stereocenters. The molecule has 0 aliphatic heterocycles. The molecular weight excluding hydrogens is 841 g/mol. The Balaban J connectivity index is 0.000000517. The molecular formula is C66H102O3. The van der Waals surface area contributed by atoms with Crippen molar-refractivity contribution in [2.45, 2.75) is 213 Å². The van der Waals surface area contributed by atoms with Crippen molar-refractivity contribution in [1.29, 1.82) is 0 Å². The van der Waals surface area contributed by atoms with Gasteiger partial charge >= 0.3 is 0 Å². The molecule has 3 aromatic rings. The lowest BCUT2D eigenvalue weighted by Gasteiger charge is -2.04. The number of ether oxygens (including phenoxy) is 3. The molecule has 0 aliphatic carbocycles. The number of unbranched alkanes of at least 4 members (excludes halogenated alkanes) is 20. The number of aryl methyl sites for hydroxylation is 3. The Kier molecular flexibility index (Phi) is 45.2. The normalized spacial score (nSPS) is 11.4. The zero-order valence-electron chi connectivity index (χ0n) is 45.1. The molecule has 69 heavy (non-hydrogen) atoms. The van der Waals surface area contributed by atoms with Gasteiger partial charge in [0.1, 0.15) is 17.2 Å². The fraction of sp³-hybridized carbons (Fsp3) is 0.545. The molecule has 0 aromatic heterocycles. The van der Waals surface area contributed by atoms with Crippen LogP contribution in [0.4, 0.5) is 0 Å². The Hall–Kier alpha value is -4.50. The molecule has 0 atom stereocenters. The molecule has 0 aliphatic rings. The van der Waals surface area contributed by atoms with Crippen LogP contribution >= 0.6 is 0 Å². The number of rotatable bonds is 40. The fourth-order valence-electron chi connectivity index (χ4n) is 8.03. The van der Waals surface area contributed by atoms with Crippen LogP contribution in [-0.2, 0) is 19.3 Å². The highest BCUT2D eigenvalue weighted by Gasteiger charge is 1.99. The summed E-state index contributed by atoms with van der Waals surface area (Å²) in [5.74, 6) is 2.91. The predicted molar refractivity (Wildman–Crippen MR) is 307 cm³/mol. The summed E-state index contributed by atoms with van der Waals surface area (Å²) in [6, 6.07) is 25.3. The zero-order valence-corrected chi connectivity index (χ0v) is 45.1. The molecule has 0 saturated heterocycles. The molecule has 3 nitrogen and oxygen atoms in total. The Morgan fingerprint density at radius 1 is 0.333 bits per heavy atom. The topological polar surface area (TPSA) is 27.7 Å². The van der Waals surface area contributed by atoms with Gasteiger partial charge in [-0.15, -0.1) is 6.58 Å². The predicted octanol–water partition coefficient (Wildman–Crippen LogP) is 20.6. The van der Waals surface area contributed by atoms with Crippen LogP contribution in [0, 0.1) is 0 Å². The molecule has 3 heteroatoms. The highest BCUT2D eigenvalue weighted by Crippen LogP contribution is 2.19. The first-order valence-electron chi connectivity index (χ1n) is 27.8. The van der Waals surface area contributed by atoms with Gasteiger partial charge in [-0.3, -0.25) is 0 Å². The first-order chi connectivity index (χ1) is 34.1.